The summed E-state index contributed by atoms with van der Waals surface area (Å²) in [4.78, 5) is -0.534. The first-order valence-corrected chi connectivity index (χ1v) is 8.63. The van der Waals surface area contributed by atoms with Crippen LogP contribution in [0, 0.1) is 11.6 Å². The predicted molar refractivity (Wildman–Crippen MR) is 76.1 cm³/mol. The maximum absolute atomic E-state index is 14.1. The second-order valence-electron chi connectivity index (χ2n) is 5.35. The van der Waals surface area contributed by atoms with Crippen LogP contribution in [0.3, 0.4) is 0 Å². The number of nitrogens with one attached hydrogen (secondary N) is 1. The number of hydrogen-bond acceptors (Lipinski definition) is 3. The zero-order chi connectivity index (χ0) is 15.5. The summed E-state index contributed by atoms with van der Waals surface area (Å²) in [7, 11) is -4.00. The molecule has 0 heterocycles. The van der Waals surface area contributed by atoms with Crippen LogP contribution in [0.1, 0.15) is 44.1 Å². The van der Waals surface area contributed by atoms with E-state index in [0.29, 0.717) is 0 Å². The monoisotopic (exact) mass is 318 g/mol. The van der Waals surface area contributed by atoms with Crippen molar-refractivity contribution in [3.63, 3.8) is 0 Å². The average Bonchev–Trinajstić information content (AvgIpc) is 2.67. The van der Waals surface area contributed by atoms with Gasteiger partial charge < -0.3 is 5.73 Å². The summed E-state index contributed by atoms with van der Waals surface area (Å²) in [5.41, 5.74) is 4.87. The molecule has 0 aliphatic heterocycles. The Labute approximate surface area is 123 Å². The van der Waals surface area contributed by atoms with Gasteiger partial charge in [-0.15, -0.1) is 0 Å². The van der Waals surface area contributed by atoms with Crippen LogP contribution >= 0.6 is 0 Å². The lowest BCUT2D eigenvalue weighted by molar-refractivity contribution is 0.497. The van der Waals surface area contributed by atoms with E-state index in [0.717, 1.165) is 50.7 Å². The van der Waals surface area contributed by atoms with Gasteiger partial charge in [0.15, 0.2) is 5.82 Å². The summed E-state index contributed by atoms with van der Waals surface area (Å²) in [6.07, 6.45) is 5.55. The first kappa shape index (κ1) is 16.3. The van der Waals surface area contributed by atoms with E-state index in [1.165, 1.54) is 0 Å². The number of hydrogen-bond donors (Lipinski definition) is 2. The molecule has 1 aromatic carbocycles. The molecule has 0 unspecified atom stereocenters. The zero-order valence-electron chi connectivity index (χ0n) is 11.7. The molecule has 0 saturated heterocycles. The van der Waals surface area contributed by atoms with E-state index in [4.69, 9.17) is 5.73 Å². The molecule has 0 radical (unpaired) electrons. The van der Waals surface area contributed by atoms with E-state index < -0.39 is 32.1 Å². The summed E-state index contributed by atoms with van der Waals surface area (Å²) in [6, 6.07) is 1.69. The zero-order valence-corrected chi connectivity index (χ0v) is 12.6. The molecule has 118 valence electrons. The number of nitrogens with two attached hydrogens (primary N) is 1. The van der Waals surface area contributed by atoms with E-state index in [-0.39, 0.29) is 12.6 Å². The molecule has 1 fully saturated rings. The molecule has 0 atom stereocenters. The van der Waals surface area contributed by atoms with Crippen LogP contribution in [0.4, 0.5) is 8.78 Å². The molecular weight excluding hydrogens is 298 g/mol. The van der Waals surface area contributed by atoms with Crippen molar-refractivity contribution < 1.29 is 17.2 Å². The highest BCUT2D eigenvalue weighted by atomic mass is 32.2. The van der Waals surface area contributed by atoms with Gasteiger partial charge in [-0.1, -0.05) is 25.7 Å². The predicted octanol–water partition coefficient (Wildman–Crippen LogP) is 2.42. The molecule has 4 nitrogen and oxygen atoms in total. The molecule has 1 saturated carbocycles. The fourth-order valence-corrected chi connectivity index (χ4v) is 4.06. The summed E-state index contributed by atoms with van der Waals surface area (Å²) in [5.74, 6) is -1.93. The van der Waals surface area contributed by atoms with Gasteiger partial charge in [0.25, 0.3) is 0 Å². The Kier molecular flexibility index (Phi) is 5.29. The highest BCUT2D eigenvalue weighted by Crippen LogP contribution is 2.23. The maximum atomic E-state index is 14.1. The van der Waals surface area contributed by atoms with Gasteiger partial charge in [-0.2, -0.15) is 0 Å². The van der Waals surface area contributed by atoms with Crippen molar-refractivity contribution in [3.05, 3.63) is 29.3 Å². The Morgan fingerprint density at radius 3 is 2.33 bits per heavy atom. The topological polar surface area (TPSA) is 72.2 Å². The standard InChI is InChI=1S/C14H20F2N2O2S/c15-12-7-8-13(14(16)11(12)9-17)21(19,20)18-10-5-3-1-2-4-6-10/h7-8,10,18H,1-6,9,17H2. The lowest BCUT2D eigenvalue weighted by atomic mass is 10.1. The molecular formula is C14H20F2N2O2S. The Hall–Kier alpha value is -1.05. The molecule has 2 rings (SSSR count). The Morgan fingerprint density at radius 1 is 1.14 bits per heavy atom. The SMILES string of the molecule is NCc1c(F)ccc(S(=O)(=O)NC2CCCCCC2)c1F. The minimum Gasteiger partial charge on any atom is -0.326 e. The fraction of sp³-hybridized carbons (Fsp3) is 0.571. The van der Waals surface area contributed by atoms with Crippen molar-refractivity contribution in [1.29, 1.82) is 0 Å². The number of benzene rings is 1. The van der Waals surface area contributed by atoms with Crippen molar-refractivity contribution >= 4 is 10.0 Å². The van der Waals surface area contributed by atoms with Crippen LogP contribution < -0.4 is 10.5 Å². The van der Waals surface area contributed by atoms with Crippen LogP contribution in [0.15, 0.2) is 17.0 Å². The van der Waals surface area contributed by atoms with Crippen molar-refractivity contribution in [3.8, 4) is 0 Å². The van der Waals surface area contributed by atoms with Gasteiger partial charge in [-0.05, 0) is 25.0 Å². The van der Waals surface area contributed by atoms with Crippen LogP contribution in [0.5, 0.6) is 0 Å². The number of halogens is 2. The van der Waals surface area contributed by atoms with Gasteiger partial charge in [0, 0.05) is 18.2 Å². The van der Waals surface area contributed by atoms with Crippen LogP contribution in [0.2, 0.25) is 0 Å². The van der Waals surface area contributed by atoms with Crippen LogP contribution in [-0.4, -0.2) is 14.5 Å². The van der Waals surface area contributed by atoms with Crippen molar-refractivity contribution in [1.82, 2.24) is 4.72 Å². The molecule has 0 amide bonds. The Morgan fingerprint density at radius 2 is 1.76 bits per heavy atom. The normalized spacial score (nSPS) is 17.7. The lowest BCUT2D eigenvalue weighted by Crippen LogP contribution is -2.35. The molecule has 1 aromatic rings. The van der Waals surface area contributed by atoms with E-state index in [9.17, 15) is 17.2 Å². The molecule has 0 spiro atoms. The maximum Gasteiger partial charge on any atom is 0.243 e. The van der Waals surface area contributed by atoms with E-state index in [1.54, 1.807) is 0 Å². The molecule has 0 bridgehead atoms. The molecule has 0 aromatic heterocycles. The quantitative estimate of drug-likeness (QED) is 0.838. The highest BCUT2D eigenvalue weighted by molar-refractivity contribution is 7.89. The molecule has 3 N–H and O–H groups in total. The van der Waals surface area contributed by atoms with Gasteiger partial charge in [0.1, 0.15) is 10.7 Å². The van der Waals surface area contributed by atoms with Gasteiger partial charge >= 0.3 is 0 Å². The number of sulfonamides is 1. The average molecular weight is 318 g/mol. The highest BCUT2D eigenvalue weighted by Gasteiger charge is 2.26. The first-order chi connectivity index (χ1) is 9.95. The molecule has 1 aliphatic carbocycles. The van der Waals surface area contributed by atoms with Crippen LogP contribution in [0.25, 0.3) is 0 Å². The first-order valence-electron chi connectivity index (χ1n) is 7.15. The van der Waals surface area contributed by atoms with Gasteiger partial charge in [0.2, 0.25) is 10.0 Å². The van der Waals surface area contributed by atoms with Crippen molar-refractivity contribution in [2.24, 2.45) is 5.73 Å². The second kappa shape index (κ2) is 6.81. The number of rotatable bonds is 4. The van der Waals surface area contributed by atoms with E-state index >= 15 is 0 Å². The smallest absolute Gasteiger partial charge is 0.243 e. The van der Waals surface area contributed by atoms with Gasteiger partial charge in [-0.25, -0.2) is 21.9 Å². The summed E-state index contributed by atoms with van der Waals surface area (Å²) in [6.45, 7) is -0.384. The van der Waals surface area contributed by atoms with Gasteiger partial charge in [0.05, 0.1) is 0 Å². The summed E-state index contributed by atoms with van der Waals surface area (Å²) in [5, 5.41) is 0. The molecule has 21 heavy (non-hydrogen) atoms. The third kappa shape index (κ3) is 3.78. The largest absolute Gasteiger partial charge is 0.326 e. The van der Waals surface area contributed by atoms with Crippen LogP contribution in [-0.2, 0) is 16.6 Å². The third-order valence-electron chi connectivity index (χ3n) is 3.82. The molecule has 7 heteroatoms. The summed E-state index contributed by atoms with van der Waals surface area (Å²) >= 11 is 0. The molecule has 1 aliphatic rings. The minimum absolute atomic E-state index is 0.191. The third-order valence-corrected chi connectivity index (χ3v) is 5.36. The van der Waals surface area contributed by atoms with E-state index in [1.807, 2.05) is 0 Å². The van der Waals surface area contributed by atoms with Crippen molar-refractivity contribution in [2.75, 3.05) is 0 Å². The second-order valence-corrected chi connectivity index (χ2v) is 7.03. The Bertz CT molecular complexity index is 597. The van der Waals surface area contributed by atoms with Crippen molar-refractivity contribution in [2.45, 2.75) is 56.0 Å². The minimum atomic E-state index is -4.00. The lowest BCUT2D eigenvalue weighted by Gasteiger charge is -2.17. The fourth-order valence-electron chi connectivity index (χ4n) is 2.65. The summed E-state index contributed by atoms with van der Waals surface area (Å²) < 4.78 is 54.6. The van der Waals surface area contributed by atoms with E-state index in [2.05, 4.69) is 4.72 Å². The van der Waals surface area contributed by atoms with Gasteiger partial charge in [-0.3, -0.25) is 0 Å². The Balaban J connectivity index is 2.27.